The first-order valence-electron chi connectivity index (χ1n) is 7.05. The van der Waals surface area contributed by atoms with Gasteiger partial charge in [-0.2, -0.15) is 0 Å². The molecule has 1 aromatic carbocycles. The molecule has 0 heterocycles. The van der Waals surface area contributed by atoms with Crippen LogP contribution in [-0.4, -0.2) is 31.4 Å². The van der Waals surface area contributed by atoms with Crippen LogP contribution >= 0.6 is 28.3 Å². The monoisotopic (exact) mass is 389 g/mol. The van der Waals surface area contributed by atoms with Crippen molar-refractivity contribution in [2.24, 2.45) is 5.73 Å². The molecule has 0 atom stereocenters. The summed E-state index contributed by atoms with van der Waals surface area (Å²) in [5, 5.41) is 5.38. The molecular formula is C15H21BrClN3O2. The highest BCUT2D eigenvalue weighted by Gasteiger charge is 2.38. The maximum Gasteiger partial charge on any atom is 0.239 e. The molecule has 22 heavy (non-hydrogen) atoms. The minimum Gasteiger partial charge on any atom is -0.354 e. The molecule has 0 aromatic heterocycles. The number of carbonyl (C=O) groups is 2. The summed E-state index contributed by atoms with van der Waals surface area (Å²) in [6, 6.07) is 8.26. The molecule has 0 bridgehead atoms. The van der Waals surface area contributed by atoms with Crippen molar-refractivity contribution >= 4 is 40.2 Å². The summed E-state index contributed by atoms with van der Waals surface area (Å²) in [6.45, 7) is 0.481. The van der Waals surface area contributed by atoms with Crippen LogP contribution in [0, 0.1) is 0 Å². The molecule has 0 spiro atoms. The Morgan fingerprint density at radius 1 is 1.14 bits per heavy atom. The molecule has 1 aliphatic rings. The zero-order chi connectivity index (χ0) is 15.3. The van der Waals surface area contributed by atoms with Gasteiger partial charge in [0.05, 0.1) is 13.1 Å². The molecule has 0 radical (unpaired) electrons. The second-order valence-electron chi connectivity index (χ2n) is 5.40. The van der Waals surface area contributed by atoms with Crippen molar-refractivity contribution in [1.82, 2.24) is 10.6 Å². The van der Waals surface area contributed by atoms with E-state index in [0.717, 1.165) is 17.3 Å². The number of benzene rings is 1. The van der Waals surface area contributed by atoms with Gasteiger partial charge in [0.15, 0.2) is 0 Å². The van der Waals surface area contributed by atoms with Crippen molar-refractivity contribution in [3.63, 3.8) is 0 Å². The molecule has 1 aliphatic carbocycles. The summed E-state index contributed by atoms with van der Waals surface area (Å²) in [5.74, 6) is -0.503. The Morgan fingerprint density at radius 2 is 1.77 bits per heavy atom. The van der Waals surface area contributed by atoms with Crippen LogP contribution < -0.4 is 16.4 Å². The van der Waals surface area contributed by atoms with Crippen LogP contribution in [0.1, 0.15) is 24.8 Å². The van der Waals surface area contributed by atoms with Gasteiger partial charge in [0.25, 0.3) is 0 Å². The SMILES string of the molecule is Cl.NCC(=O)NCC(=O)NCC1(c2ccc(Br)cc2)CCC1. The Labute approximate surface area is 144 Å². The fourth-order valence-electron chi connectivity index (χ4n) is 2.56. The molecule has 7 heteroatoms. The first kappa shape index (κ1) is 18.9. The Hall–Kier alpha value is -1.11. The lowest BCUT2D eigenvalue weighted by Crippen LogP contribution is -2.48. The summed E-state index contributed by atoms with van der Waals surface area (Å²) < 4.78 is 1.05. The molecule has 0 unspecified atom stereocenters. The van der Waals surface area contributed by atoms with Crippen molar-refractivity contribution in [2.45, 2.75) is 24.7 Å². The topological polar surface area (TPSA) is 84.2 Å². The van der Waals surface area contributed by atoms with Crippen LogP contribution in [0.5, 0.6) is 0 Å². The van der Waals surface area contributed by atoms with E-state index in [4.69, 9.17) is 5.73 Å². The van der Waals surface area contributed by atoms with Gasteiger partial charge in [0.1, 0.15) is 0 Å². The maximum atomic E-state index is 11.8. The average molecular weight is 391 g/mol. The van der Waals surface area contributed by atoms with Gasteiger partial charge in [-0.25, -0.2) is 0 Å². The minimum atomic E-state index is -0.323. The van der Waals surface area contributed by atoms with Gasteiger partial charge in [-0.05, 0) is 30.5 Å². The molecule has 0 aliphatic heterocycles. The second kappa shape index (κ2) is 8.50. The summed E-state index contributed by atoms with van der Waals surface area (Å²) in [7, 11) is 0. The Morgan fingerprint density at radius 3 is 2.27 bits per heavy atom. The van der Waals surface area contributed by atoms with E-state index in [9.17, 15) is 9.59 Å². The Kier molecular flexibility index (Phi) is 7.32. The highest BCUT2D eigenvalue weighted by atomic mass is 79.9. The van der Waals surface area contributed by atoms with Gasteiger partial charge < -0.3 is 16.4 Å². The lowest BCUT2D eigenvalue weighted by atomic mass is 9.64. The molecule has 122 valence electrons. The van der Waals surface area contributed by atoms with Gasteiger partial charge >= 0.3 is 0 Å². The summed E-state index contributed by atoms with van der Waals surface area (Å²) in [5.41, 5.74) is 6.46. The standard InChI is InChI=1S/C15H20BrN3O2.ClH/c16-12-4-2-11(3-5-12)15(6-1-7-15)10-19-14(21)9-18-13(20)8-17;/h2-5H,1,6-10,17H2,(H,18,20)(H,19,21);1H. The highest BCUT2D eigenvalue weighted by Crippen LogP contribution is 2.43. The average Bonchev–Trinajstić information content (AvgIpc) is 2.45. The Balaban J connectivity index is 0.00000242. The zero-order valence-corrected chi connectivity index (χ0v) is 14.6. The van der Waals surface area contributed by atoms with Crippen LogP contribution in [0.25, 0.3) is 0 Å². The van der Waals surface area contributed by atoms with Crippen molar-refractivity contribution < 1.29 is 9.59 Å². The lowest BCUT2D eigenvalue weighted by Gasteiger charge is -2.42. The van der Waals surface area contributed by atoms with Crippen LogP contribution in [0.15, 0.2) is 28.7 Å². The third-order valence-electron chi connectivity index (χ3n) is 4.02. The van der Waals surface area contributed by atoms with E-state index < -0.39 is 0 Å². The fourth-order valence-corrected chi connectivity index (χ4v) is 2.82. The van der Waals surface area contributed by atoms with Crippen LogP contribution in [0.3, 0.4) is 0 Å². The summed E-state index contributed by atoms with van der Waals surface area (Å²) in [6.07, 6.45) is 3.32. The van der Waals surface area contributed by atoms with E-state index in [0.29, 0.717) is 6.54 Å². The van der Waals surface area contributed by atoms with E-state index in [-0.39, 0.29) is 42.7 Å². The van der Waals surface area contributed by atoms with Crippen LogP contribution in [0.4, 0.5) is 0 Å². The molecular weight excluding hydrogens is 370 g/mol. The quantitative estimate of drug-likeness (QED) is 0.688. The van der Waals surface area contributed by atoms with Crippen molar-refractivity contribution in [1.29, 1.82) is 0 Å². The van der Waals surface area contributed by atoms with E-state index >= 15 is 0 Å². The number of halogens is 2. The number of nitrogens with one attached hydrogen (secondary N) is 2. The van der Waals surface area contributed by atoms with E-state index in [1.807, 2.05) is 12.1 Å². The van der Waals surface area contributed by atoms with Crippen molar-refractivity contribution in [2.75, 3.05) is 19.6 Å². The fraction of sp³-hybridized carbons (Fsp3) is 0.467. The first-order valence-corrected chi connectivity index (χ1v) is 7.84. The van der Waals surface area contributed by atoms with Gasteiger partial charge in [-0.1, -0.05) is 34.5 Å². The van der Waals surface area contributed by atoms with Crippen LogP contribution in [0.2, 0.25) is 0 Å². The normalized spacial score (nSPS) is 15.2. The molecule has 2 amide bonds. The van der Waals surface area contributed by atoms with Gasteiger partial charge in [-0.15, -0.1) is 12.4 Å². The predicted octanol–water partition coefficient (Wildman–Crippen LogP) is 1.48. The molecule has 1 aromatic rings. The van der Waals surface area contributed by atoms with Crippen molar-refractivity contribution in [3.8, 4) is 0 Å². The van der Waals surface area contributed by atoms with Gasteiger partial charge in [0, 0.05) is 16.4 Å². The van der Waals surface area contributed by atoms with E-state index in [1.54, 1.807) is 0 Å². The molecule has 4 N–H and O–H groups in total. The molecule has 1 saturated carbocycles. The number of amides is 2. The number of nitrogens with two attached hydrogens (primary N) is 1. The smallest absolute Gasteiger partial charge is 0.239 e. The number of hydrogen-bond acceptors (Lipinski definition) is 3. The van der Waals surface area contributed by atoms with E-state index in [1.165, 1.54) is 12.0 Å². The minimum absolute atomic E-state index is 0. The highest BCUT2D eigenvalue weighted by molar-refractivity contribution is 9.10. The van der Waals surface area contributed by atoms with Crippen LogP contribution in [-0.2, 0) is 15.0 Å². The molecule has 0 saturated heterocycles. The van der Waals surface area contributed by atoms with Gasteiger partial charge in [-0.3, -0.25) is 9.59 Å². The van der Waals surface area contributed by atoms with E-state index in [2.05, 4.69) is 38.7 Å². The summed E-state index contributed by atoms with van der Waals surface area (Å²) in [4.78, 5) is 22.8. The van der Waals surface area contributed by atoms with Gasteiger partial charge in [0.2, 0.25) is 11.8 Å². The summed E-state index contributed by atoms with van der Waals surface area (Å²) >= 11 is 3.44. The number of hydrogen-bond donors (Lipinski definition) is 3. The lowest BCUT2D eigenvalue weighted by molar-refractivity contribution is -0.125. The number of rotatable bonds is 6. The van der Waals surface area contributed by atoms with Crippen molar-refractivity contribution in [3.05, 3.63) is 34.3 Å². The second-order valence-corrected chi connectivity index (χ2v) is 6.31. The zero-order valence-electron chi connectivity index (χ0n) is 12.2. The molecule has 5 nitrogen and oxygen atoms in total. The largest absolute Gasteiger partial charge is 0.354 e. The number of carbonyl (C=O) groups excluding carboxylic acids is 2. The predicted molar refractivity (Wildman–Crippen MR) is 92.0 cm³/mol. The maximum absolute atomic E-state index is 11.8. The Bertz CT molecular complexity index is 518. The first-order chi connectivity index (χ1) is 10.1. The third-order valence-corrected chi connectivity index (χ3v) is 4.55. The molecule has 1 fully saturated rings. The third kappa shape index (κ3) is 4.69. The molecule has 2 rings (SSSR count).